The molecule has 112 valence electrons. The summed E-state index contributed by atoms with van der Waals surface area (Å²) in [5.74, 6) is 0. The van der Waals surface area contributed by atoms with Gasteiger partial charge in [-0.05, 0) is 30.7 Å². The van der Waals surface area contributed by atoms with Crippen LogP contribution in [0.4, 0.5) is 5.69 Å². The maximum atomic E-state index is 11.5. The molecule has 0 saturated carbocycles. The van der Waals surface area contributed by atoms with E-state index in [4.69, 9.17) is 17.3 Å². The van der Waals surface area contributed by atoms with Crippen molar-refractivity contribution in [1.82, 2.24) is 4.31 Å². The normalized spacial score (nSPS) is 17.4. The van der Waals surface area contributed by atoms with Crippen LogP contribution < -0.4 is 10.6 Å². The highest BCUT2D eigenvalue weighted by molar-refractivity contribution is 7.88. The number of anilines is 1. The van der Waals surface area contributed by atoms with Crippen LogP contribution in [0.2, 0.25) is 5.02 Å². The van der Waals surface area contributed by atoms with E-state index in [2.05, 4.69) is 4.90 Å². The van der Waals surface area contributed by atoms with E-state index in [-0.39, 0.29) is 0 Å². The smallest absolute Gasteiger partial charge is 0.211 e. The third kappa shape index (κ3) is 3.44. The zero-order valence-corrected chi connectivity index (χ0v) is 13.1. The van der Waals surface area contributed by atoms with Gasteiger partial charge in [-0.3, -0.25) is 0 Å². The monoisotopic (exact) mass is 317 g/mol. The van der Waals surface area contributed by atoms with Crippen molar-refractivity contribution >= 4 is 27.3 Å². The first-order chi connectivity index (χ1) is 9.43. The van der Waals surface area contributed by atoms with Crippen LogP contribution in [0.1, 0.15) is 5.56 Å². The number of rotatable bonds is 4. The van der Waals surface area contributed by atoms with E-state index in [1.54, 1.807) is 0 Å². The van der Waals surface area contributed by atoms with Crippen molar-refractivity contribution in [3.8, 4) is 0 Å². The molecule has 1 heterocycles. The van der Waals surface area contributed by atoms with E-state index in [0.717, 1.165) is 22.7 Å². The third-order valence-electron chi connectivity index (χ3n) is 3.54. The van der Waals surface area contributed by atoms with Crippen molar-refractivity contribution in [1.29, 1.82) is 0 Å². The molecular formula is C13H20ClN3O2S. The fourth-order valence-corrected chi connectivity index (χ4v) is 3.59. The van der Waals surface area contributed by atoms with Gasteiger partial charge >= 0.3 is 0 Å². The Bertz CT molecular complexity index is 569. The average molecular weight is 318 g/mol. The number of nitrogens with two attached hydrogens (primary N) is 1. The van der Waals surface area contributed by atoms with Crippen molar-refractivity contribution in [2.75, 3.05) is 43.9 Å². The highest BCUT2D eigenvalue weighted by Gasteiger charge is 2.24. The first kappa shape index (κ1) is 15.6. The fraction of sp³-hybridized carbons (Fsp3) is 0.538. The Morgan fingerprint density at radius 2 is 1.90 bits per heavy atom. The summed E-state index contributed by atoms with van der Waals surface area (Å²) in [5, 5.41) is 0.721. The fourth-order valence-electron chi connectivity index (χ4n) is 2.50. The first-order valence-electron chi connectivity index (χ1n) is 6.61. The van der Waals surface area contributed by atoms with E-state index in [9.17, 15) is 8.42 Å². The van der Waals surface area contributed by atoms with E-state index in [0.29, 0.717) is 32.7 Å². The molecule has 0 unspecified atom stereocenters. The molecule has 1 aliphatic heterocycles. The molecule has 0 radical (unpaired) electrons. The lowest BCUT2D eigenvalue weighted by Gasteiger charge is -2.36. The van der Waals surface area contributed by atoms with Gasteiger partial charge in [-0.15, -0.1) is 0 Å². The molecule has 1 aliphatic rings. The second-order valence-electron chi connectivity index (χ2n) is 4.93. The van der Waals surface area contributed by atoms with Crippen LogP contribution in [0, 0.1) is 0 Å². The molecule has 0 atom stereocenters. The van der Waals surface area contributed by atoms with Gasteiger partial charge in [0.2, 0.25) is 10.0 Å². The van der Waals surface area contributed by atoms with E-state index in [1.807, 2.05) is 18.2 Å². The Morgan fingerprint density at radius 3 is 2.45 bits per heavy atom. The van der Waals surface area contributed by atoms with Crippen molar-refractivity contribution in [2.24, 2.45) is 5.73 Å². The van der Waals surface area contributed by atoms with E-state index < -0.39 is 10.0 Å². The summed E-state index contributed by atoms with van der Waals surface area (Å²) >= 11 is 6.24. The number of nitrogens with zero attached hydrogens (tertiary/aromatic N) is 2. The molecule has 20 heavy (non-hydrogen) atoms. The van der Waals surface area contributed by atoms with Gasteiger partial charge in [0.1, 0.15) is 0 Å². The lowest BCUT2D eigenvalue weighted by Crippen LogP contribution is -2.48. The van der Waals surface area contributed by atoms with Crippen LogP contribution >= 0.6 is 11.6 Å². The molecule has 0 aliphatic carbocycles. The van der Waals surface area contributed by atoms with Crippen molar-refractivity contribution in [3.63, 3.8) is 0 Å². The molecule has 1 aromatic rings. The zero-order chi connectivity index (χ0) is 14.8. The maximum Gasteiger partial charge on any atom is 0.211 e. The number of hydrogen-bond donors (Lipinski definition) is 1. The third-order valence-corrected chi connectivity index (χ3v) is 5.19. The molecule has 0 spiro atoms. The molecule has 0 aromatic heterocycles. The molecule has 0 bridgehead atoms. The van der Waals surface area contributed by atoms with Gasteiger partial charge in [0, 0.05) is 36.9 Å². The molecule has 7 heteroatoms. The number of benzene rings is 1. The molecule has 5 nitrogen and oxygen atoms in total. The van der Waals surface area contributed by atoms with Crippen LogP contribution in [0.5, 0.6) is 0 Å². The Labute approximate surface area is 125 Å². The first-order valence-corrected chi connectivity index (χ1v) is 8.83. The number of sulfonamides is 1. The van der Waals surface area contributed by atoms with E-state index >= 15 is 0 Å². The largest absolute Gasteiger partial charge is 0.369 e. The Morgan fingerprint density at radius 1 is 1.25 bits per heavy atom. The minimum absolute atomic E-state index is 0.507. The highest BCUT2D eigenvalue weighted by Crippen LogP contribution is 2.28. The van der Waals surface area contributed by atoms with Crippen molar-refractivity contribution < 1.29 is 8.42 Å². The SMILES string of the molecule is CS(=O)(=O)N1CCN(c2cccc(Cl)c2CCN)CC1. The number of hydrogen-bond acceptors (Lipinski definition) is 4. The lowest BCUT2D eigenvalue weighted by molar-refractivity contribution is 0.388. The summed E-state index contributed by atoms with van der Waals surface area (Å²) in [4.78, 5) is 2.18. The summed E-state index contributed by atoms with van der Waals surface area (Å²) in [6.45, 7) is 2.90. The zero-order valence-electron chi connectivity index (χ0n) is 11.5. The van der Waals surface area contributed by atoms with Gasteiger partial charge < -0.3 is 10.6 Å². The maximum absolute atomic E-state index is 11.5. The predicted octanol–water partition coefficient (Wildman–Crippen LogP) is 0.923. The standard InChI is InChI=1S/C13H20ClN3O2S/c1-20(18,19)17-9-7-16(8-10-17)13-4-2-3-12(14)11(13)5-6-15/h2-4H,5-10,15H2,1H3. The minimum Gasteiger partial charge on any atom is -0.369 e. The molecule has 1 aromatic carbocycles. The Kier molecular flexibility index (Phi) is 4.90. The summed E-state index contributed by atoms with van der Waals surface area (Å²) < 4.78 is 24.6. The Balaban J connectivity index is 2.17. The lowest BCUT2D eigenvalue weighted by atomic mass is 10.1. The summed E-state index contributed by atoms with van der Waals surface area (Å²) in [5.41, 5.74) is 7.75. The van der Waals surface area contributed by atoms with Gasteiger partial charge in [-0.1, -0.05) is 17.7 Å². The van der Waals surface area contributed by atoms with Gasteiger partial charge in [0.05, 0.1) is 6.26 Å². The topological polar surface area (TPSA) is 66.6 Å². The van der Waals surface area contributed by atoms with Crippen LogP contribution in [0.25, 0.3) is 0 Å². The van der Waals surface area contributed by atoms with Gasteiger partial charge in [-0.25, -0.2) is 8.42 Å². The minimum atomic E-state index is -3.10. The van der Waals surface area contributed by atoms with Crippen LogP contribution in [0.15, 0.2) is 18.2 Å². The molecule has 2 rings (SSSR count). The molecule has 2 N–H and O–H groups in total. The number of piperazine rings is 1. The average Bonchev–Trinajstić information content (AvgIpc) is 2.40. The highest BCUT2D eigenvalue weighted by atomic mass is 35.5. The summed E-state index contributed by atoms with van der Waals surface area (Å²) in [7, 11) is -3.10. The second kappa shape index (κ2) is 6.30. The van der Waals surface area contributed by atoms with Gasteiger partial charge in [0.25, 0.3) is 0 Å². The van der Waals surface area contributed by atoms with Gasteiger partial charge in [-0.2, -0.15) is 4.31 Å². The molecule has 1 saturated heterocycles. The summed E-state index contributed by atoms with van der Waals surface area (Å²) in [6, 6.07) is 5.80. The quantitative estimate of drug-likeness (QED) is 0.897. The van der Waals surface area contributed by atoms with Crippen LogP contribution in [0.3, 0.4) is 0 Å². The second-order valence-corrected chi connectivity index (χ2v) is 7.31. The number of halogens is 1. The molecule has 1 fully saturated rings. The van der Waals surface area contributed by atoms with Gasteiger partial charge in [0.15, 0.2) is 0 Å². The van der Waals surface area contributed by atoms with Crippen molar-refractivity contribution in [2.45, 2.75) is 6.42 Å². The predicted molar refractivity (Wildman–Crippen MR) is 82.8 cm³/mol. The molecular weight excluding hydrogens is 298 g/mol. The summed E-state index contributed by atoms with van der Waals surface area (Å²) in [6.07, 6.45) is 1.98. The van der Waals surface area contributed by atoms with Crippen molar-refractivity contribution in [3.05, 3.63) is 28.8 Å². The van der Waals surface area contributed by atoms with Crippen LogP contribution in [-0.4, -0.2) is 51.7 Å². The van der Waals surface area contributed by atoms with Crippen LogP contribution in [-0.2, 0) is 16.4 Å². The Hall–Kier alpha value is -0.820. The van der Waals surface area contributed by atoms with E-state index in [1.165, 1.54) is 10.6 Å². The molecule has 0 amide bonds.